The summed E-state index contributed by atoms with van der Waals surface area (Å²) in [4.78, 5) is 14.8. The van der Waals surface area contributed by atoms with Gasteiger partial charge in [-0.3, -0.25) is 9.48 Å². The maximum atomic E-state index is 13.6. The van der Waals surface area contributed by atoms with Crippen LogP contribution in [0.4, 0.5) is 19.0 Å². The van der Waals surface area contributed by atoms with E-state index in [2.05, 4.69) is 15.5 Å². The van der Waals surface area contributed by atoms with E-state index in [9.17, 15) is 18.0 Å². The van der Waals surface area contributed by atoms with Gasteiger partial charge in [0.25, 0.3) is 5.91 Å². The summed E-state index contributed by atoms with van der Waals surface area (Å²) in [5.74, 6) is 0.216. The fourth-order valence-corrected chi connectivity index (χ4v) is 4.28. The van der Waals surface area contributed by atoms with E-state index in [0.29, 0.717) is 36.5 Å². The molecule has 158 valence electrons. The number of hydrogen-bond acceptors (Lipinski definition) is 4. The molecule has 0 spiro atoms. The van der Waals surface area contributed by atoms with Crippen molar-refractivity contribution in [3.8, 4) is 0 Å². The zero-order valence-electron chi connectivity index (χ0n) is 16.7. The molecule has 2 aliphatic rings. The van der Waals surface area contributed by atoms with E-state index >= 15 is 0 Å². The predicted octanol–water partition coefficient (Wildman–Crippen LogP) is 3.60. The molecule has 7 nitrogen and oxygen atoms in total. The van der Waals surface area contributed by atoms with Crippen LogP contribution in [0.2, 0.25) is 0 Å². The Balaban J connectivity index is 1.66. The minimum absolute atomic E-state index is 0.0453. The number of fused-ring (bicyclic) bond motifs is 1. The fourth-order valence-electron chi connectivity index (χ4n) is 4.28. The van der Waals surface area contributed by atoms with Crippen molar-refractivity contribution in [3.63, 3.8) is 0 Å². The molecule has 2 aromatic rings. The summed E-state index contributed by atoms with van der Waals surface area (Å²) < 4.78 is 43.6. The normalized spacial score (nSPS) is 24.5. The molecule has 4 heterocycles. The first kappa shape index (κ1) is 19.8. The summed E-state index contributed by atoms with van der Waals surface area (Å²) in [7, 11) is 1.77. The van der Waals surface area contributed by atoms with Gasteiger partial charge < -0.3 is 10.2 Å². The van der Waals surface area contributed by atoms with Crippen LogP contribution in [-0.4, -0.2) is 49.1 Å². The summed E-state index contributed by atoms with van der Waals surface area (Å²) in [6.45, 7) is 4.24. The second-order valence-corrected chi connectivity index (χ2v) is 7.87. The van der Waals surface area contributed by atoms with Gasteiger partial charge >= 0.3 is 6.18 Å². The molecule has 0 unspecified atom stereocenters. The highest BCUT2D eigenvalue weighted by molar-refractivity contribution is 5.95. The molecule has 1 saturated heterocycles. The smallest absolute Gasteiger partial charge is 0.367 e. The fraction of sp³-hybridized carbons (Fsp3) is 0.632. The van der Waals surface area contributed by atoms with E-state index in [4.69, 9.17) is 0 Å². The Kier molecular flexibility index (Phi) is 4.82. The van der Waals surface area contributed by atoms with Crippen LogP contribution in [0.15, 0.2) is 12.3 Å². The lowest BCUT2D eigenvalue weighted by molar-refractivity contribution is -0.173. The molecule has 2 aromatic heterocycles. The monoisotopic (exact) mass is 410 g/mol. The summed E-state index contributed by atoms with van der Waals surface area (Å²) in [6, 6.07) is -0.565. The number of carbonyl (C=O) groups is 1. The first-order valence-corrected chi connectivity index (χ1v) is 9.93. The van der Waals surface area contributed by atoms with Crippen LogP contribution >= 0.6 is 0 Å². The van der Waals surface area contributed by atoms with Gasteiger partial charge in [-0.2, -0.15) is 23.4 Å². The largest absolute Gasteiger partial charge is 0.410 e. The number of likely N-dealkylation sites (tertiary alicyclic amines) is 1. The number of rotatable bonds is 3. The van der Waals surface area contributed by atoms with Gasteiger partial charge in [0.2, 0.25) is 0 Å². The summed E-state index contributed by atoms with van der Waals surface area (Å²) in [6.07, 6.45) is -0.817. The lowest BCUT2D eigenvalue weighted by atomic mass is 10.0. The van der Waals surface area contributed by atoms with E-state index in [1.807, 2.05) is 13.8 Å². The molecule has 3 atom stereocenters. The summed E-state index contributed by atoms with van der Waals surface area (Å²) in [5, 5.41) is 11.6. The minimum Gasteiger partial charge on any atom is -0.367 e. The highest BCUT2D eigenvalue weighted by Gasteiger charge is 2.46. The Morgan fingerprint density at radius 2 is 2.14 bits per heavy atom. The average Bonchev–Trinajstić information content (AvgIpc) is 3.38. The topological polar surface area (TPSA) is 68.0 Å². The first-order valence-electron chi connectivity index (χ1n) is 9.93. The van der Waals surface area contributed by atoms with Gasteiger partial charge in [-0.05, 0) is 32.6 Å². The molecular formula is C19H25F3N6O. The Hall–Kier alpha value is -2.52. The second-order valence-electron chi connectivity index (χ2n) is 7.87. The van der Waals surface area contributed by atoms with E-state index in [-0.39, 0.29) is 24.4 Å². The quantitative estimate of drug-likeness (QED) is 0.840. The van der Waals surface area contributed by atoms with Gasteiger partial charge in [0.15, 0.2) is 6.04 Å². The number of amides is 1. The van der Waals surface area contributed by atoms with Crippen molar-refractivity contribution < 1.29 is 18.0 Å². The van der Waals surface area contributed by atoms with Crippen LogP contribution in [0.5, 0.6) is 0 Å². The molecule has 4 rings (SSSR count). The van der Waals surface area contributed by atoms with Crippen LogP contribution in [0.25, 0.3) is 0 Å². The van der Waals surface area contributed by atoms with Gasteiger partial charge in [-0.15, -0.1) is 0 Å². The van der Waals surface area contributed by atoms with Crippen molar-refractivity contribution in [1.29, 1.82) is 0 Å². The Morgan fingerprint density at radius 1 is 1.38 bits per heavy atom. The third-order valence-corrected chi connectivity index (χ3v) is 6.10. The molecule has 29 heavy (non-hydrogen) atoms. The third-order valence-electron chi connectivity index (χ3n) is 6.10. The number of hydrogen-bond donors (Lipinski definition) is 1. The molecule has 1 fully saturated rings. The second kappa shape index (κ2) is 7.07. The van der Waals surface area contributed by atoms with Crippen LogP contribution in [-0.2, 0) is 7.05 Å². The number of anilines is 1. The van der Waals surface area contributed by atoms with Gasteiger partial charge in [0.1, 0.15) is 5.82 Å². The van der Waals surface area contributed by atoms with Crippen molar-refractivity contribution in [2.75, 3.05) is 11.9 Å². The van der Waals surface area contributed by atoms with Crippen molar-refractivity contribution in [3.05, 3.63) is 29.2 Å². The molecule has 0 bridgehead atoms. The highest BCUT2D eigenvalue weighted by Crippen LogP contribution is 2.42. The summed E-state index contributed by atoms with van der Waals surface area (Å²) >= 11 is 0. The van der Waals surface area contributed by atoms with Gasteiger partial charge in [0, 0.05) is 31.4 Å². The Labute approximate surface area is 166 Å². The number of halogens is 3. The van der Waals surface area contributed by atoms with Crippen molar-refractivity contribution in [2.24, 2.45) is 7.05 Å². The Bertz CT molecular complexity index is 918. The molecule has 0 aromatic carbocycles. The predicted molar refractivity (Wildman–Crippen MR) is 101 cm³/mol. The first-order chi connectivity index (χ1) is 13.7. The van der Waals surface area contributed by atoms with E-state index in [1.54, 1.807) is 28.9 Å². The van der Waals surface area contributed by atoms with Crippen LogP contribution in [0.1, 0.15) is 66.4 Å². The van der Waals surface area contributed by atoms with E-state index in [1.165, 1.54) is 0 Å². The van der Waals surface area contributed by atoms with Crippen molar-refractivity contribution >= 4 is 11.7 Å². The van der Waals surface area contributed by atoms with Gasteiger partial charge in [0.05, 0.1) is 23.5 Å². The zero-order chi connectivity index (χ0) is 20.9. The zero-order valence-corrected chi connectivity index (χ0v) is 16.7. The molecule has 0 aliphatic carbocycles. The number of carbonyl (C=O) groups excluding carboxylic acids is 1. The molecule has 10 heteroatoms. The van der Waals surface area contributed by atoms with Gasteiger partial charge in [-0.1, -0.05) is 6.92 Å². The van der Waals surface area contributed by atoms with E-state index < -0.39 is 12.2 Å². The Morgan fingerprint density at radius 3 is 2.76 bits per heavy atom. The molecular weight excluding hydrogens is 385 g/mol. The van der Waals surface area contributed by atoms with E-state index in [0.717, 1.165) is 16.8 Å². The van der Waals surface area contributed by atoms with Crippen LogP contribution in [0, 0.1) is 6.92 Å². The molecule has 1 N–H and O–H groups in total. The maximum absolute atomic E-state index is 13.6. The molecule has 0 radical (unpaired) electrons. The van der Waals surface area contributed by atoms with Crippen molar-refractivity contribution in [1.82, 2.24) is 24.5 Å². The molecule has 2 aliphatic heterocycles. The van der Waals surface area contributed by atoms with Crippen LogP contribution < -0.4 is 5.32 Å². The maximum Gasteiger partial charge on any atom is 0.410 e. The number of aryl methyl sites for hydroxylation is 1. The number of aromatic nitrogens is 4. The summed E-state index contributed by atoms with van der Waals surface area (Å²) in [5.41, 5.74) is 1.78. The van der Waals surface area contributed by atoms with Gasteiger partial charge in [-0.25, -0.2) is 4.68 Å². The average molecular weight is 410 g/mol. The van der Waals surface area contributed by atoms with Crippen LogP contribution in [0.3, 0.4) is 0 Å². The van der Waals surface area contributed by atoms with Crippen molar-refractivity contribution in [2.45, 2.75) is 63.8 Å². The lowest BCUT2D eigenvalue weighted by Gasteiger charge is -2.32. The highest BCUT2D eigenvalue weighted by atomic mass is 19.4. The molecule has 1 amide bonds. The molecule has 0 saturated carbocycles. The number of nitrogens with one attached hydrogen (secondary N) is 1. The SMILES string of the molecule is CC[C@@H]1C[C@H](C(F)(F)F)n2nc([C@H]3CCCN3C(=O)c3cnn(C)c3C)cc2N1. The number of nitrogens with zero attached hydrogens (tertiary/aromatic N) is 5. The lowest BCUT2D eigenvalue weighted by Crippen LogP contribution is -2.39. The third kappa shape index (κ3) is 3.38. The number of alkyl halides is 3. The minimum atomic E-state index is -4.37. The standard InChI is InChI=1S/C19H25F3N6O/c1-4-12-8-16(19(20,21)22)28-17(24-12)9-14(25-28)15-6-5-7-27(15)18(29)13-10-23-26(3)11(13)2/h9-10,12,15-16,24H,4-8H2,1-3H3/t12-,15-,16-/m1/s1.